The summed E-state index contributed by atoms with van der Waals surface area (Å²) in [6.45, 7) is 7.98. The lowest BCUT2D eigenvalue weighted by atomic mass is 10.1. The SMILES string of the molecule is CCCNC(=O)c1cccc(CN2CCNCC2)c1. The maximum absolute atomic E-state index is 11.9. The Kier molecular flexibility index (Phi) is 5.36. The number of rotatable bonds is 5. The number of carbonyl (C=O) groups is 1. The summed E-state index contributed by atoms with van der Waals surface area (Å²) in [5, 5.41) is 6.26. The van der Waals surface area contributed by atoms with Gasteiger partial charge < -0.3 is 10.6 Å². The summed E-state index contributed by atoms with van der Waals surface area (Å²) >= 11 is 0. The molecule has 1 fully saturated rings. The number of hydrogen-bond acceptors (Lipinski definition) is 3. The number of hydrogen-bond donors (Lipinski definition) is 2. The van der Waals surface area contributed by atoms with Crippen molar-refractivity contribution in [1.82, 2.24) is 15.5 Å². The van der Waals surface area contributed by atoms with Crippen LogP contribution in [0.4, 0.5) is 0 Å². The van der Waals surface area contributed by atoms with Crippen LogP contribution in [0, 0.1) is 0 Å². The molecule has 0 aromatic heterocycles. The number of nitrogens with one attached hydrogen (secondary N) is 2. The summed E-state index contributed by atoms with van der Waals surface area (Å²) in [6.07, 6.45) is 0.964. The van der Waals surface area contributed by atoms with Crippen molar-refractivity contribution >= 4 is 5.91 Å². The van der Waals surface area contributed by atoms with Gasteiger partial charge in [0.2, 0.25) is 0 Å². The molecular weight excluding hydrogens is 238 g/mol. The second kappa shape index (κ2) is 7.26. The lowest BCUT2D eigenvalue weighted by Crippen LogP contribution is -2.42. The van der Waals surface area contributed by atoms with Gasteiger partial charge in [-0.15, -0.1) is 0 Å². The van der Waals surface area contributed by atoms with Crippen molar-refractivity contribution in [2.24, 2.45) is 0 Å². The Hall–Kier alpha value is -1.39. The standard InChI is InChI=1S/C15H23N3O/c1-2-6-17-15(19)14-5-3-4-13(11-14)12-18-9-7-16-8-10-18/h3-5,11,16H,2,6-10,12H2,1H3,(H,17,19). The minimum absolute atomic E-state index is 0.0315. The normalized spacial score (nSPS) is 16.3. The molecule has 0 radical (unpaired) electrons. The summed E-state index contributed by atoms with van der Waals surface area (Å²) in [7, 11) is 0. The molecule has 1 aromatic carbocycles. The second-order valence-electron chi connectivity index (χ2n) is 4.98. The van der Waals surface area contributed by atoms with Crippen molar-refractivity contribution in [1.29, 1.82) is 0 Å². The van der Waals surface area contributed by atoms with Crippen molar-refractivity contribution in [2.45, 2.75) is 19.9 Å². The Labute approximate surface area is 115 Å². The highest BCUT2D eigenvalue weighted by molar-refractivity contribution is 5.94. The smallest absolute Gasteiger partial charge is 0.251 e. The molecule has 0 aliphatic carbocycles. The summed E-state index contributed by atoms with van der Waals surface area (Å²) in [5.41, 5.74) is 1.98. The van der Waals surface area contributed by atoms with Crippen LogP contribution in [0.25, 0.3) is 0 Å². The zero-order chi connectivity index (χ0) is 13.5. The highest BCUT2D eigenvalue weighted by Crippen LogP contribution is 2.09. The van der Waals surface area contributed by atoms with Gasteiger partial charge in [0, 0.05) is 44.8 Å². The summed E-state index contributed by atoms with van der Waals surface area (Å²) in [4.78, 5) is 14.3. The van der Waals surface area contributed by atoms with Crippen molar-refractivity contribution < 1.29 is 4.79 Å². The van der Waals surface area contributed by atoms with Crippen LogP contribution >= 0.6 is 0 Å². The van der Waals surface area contributed by atoms with Crippen LogP contribution in [-0.2, 0) is 6.54 Å². The quantitative estimate of drug-likeness (QED) is 0.838. The molecule has 2 rings (SSSR count). The van der Waals surface area contributed by atoms with Gasteiger partial charge >= 0.3 is 0 Å². The molecule has 4 heteroatoms. The molecule has 0 spiro atoms. The van der Waals surface area contributed by atoms with Gasteiger partial charge in [0.25, 0.3) is 5.91 Å². The minimum atomic E-state index is 0.0315. The molecule has 0 atom stereocenters. The molecule has 1 aromatic rings. The predicted molar refractivity (Wildman–Crippen MR) is 77.2 cm³/mol. The van der Waals surface area contributed by atoms with E-state index in [9.17, 15) is 4.79 Å². The number of benzene rings is 1. The van der Waals surface area contributed by atoms with E-state index < -0.39 is 0 Å². The van der Waals surface area contributed by atoms with E-state index in [-0.39, 0.29) is 5.91 Å². The highest BCUT2D eigenvalue weighted by Gasteiger charge is 2.11. The van der Waals surface area contributed by atoms with Gasteiger partial charge in [0.15, 0.2) is 0 Å². The number of nitrogens with zero attached hydrogens (tertiary/aromatic N) is 1. The van der Waals surface area contributed by atoms with Crippen molar-refractivity contribution in [3.05, 3.63) is 35.4 Å². The van der Waals surface area contributed by atoms with Crippen molar-refractivity contribution in [2.75, 3.05) is 32.7 Å². The van der Waals surface area contributed by atoms with E-state index >= 15 is 0 Å². The fourth-order valence-corrected chi connectivity index (χ4v) is 2.28. The summed E-state index contributed by atoms with van der Waals surface area (Å²) < 4.78 is 0. The first-order valence-electron chi connectivity index (χ1n) is 7.10. The van der Waals surface area contributed by atoms with Gasteiger partial charge in [-0.1, -0.05) is 19.1 Å². The third-order valence-corrected chi connectivity index (χ3v) is 3.34. The largest absolute Gasteiger partial charge is 0.352 e. The third kappa shape index (κ3) is 4.33. The maximum atomic E-state index is 11.9. The van der Waals surface area contributed by atoms with Gasteiger partial charge in [-0.05, 0) is 24.1 Å². The molecule has 1 heterocycles. The first-order valence-corrected chi connectivity index (χ1v) is 7.10. The Balaban J connectivity index is 1.95. The van der Waals surface area contributed by atoms with Crippen molar-refractivity contribution in [3.63, 3.8) is 0 Å². The van der Waals surface area contributed by atoms with E-state index in [4.69, 9.17) is 0 Å². The zero-order valence-electron chi connectivity index (χ0n) is 11.6. The fourth-order valence-electron chi connectivity index (χ4n) is 2.28. The number of carbonyl (C=O) groups excluding carboxylic acids is 1. The third-order valence-electron chi connectivity index (χ3n) is 3.34. The Bertz CT molecular complexity index is 414. The van der Waals surface area contributed by atoms with E-state index in [0.717, 1.165) is 51.3 Å². The van der Waals surface area contributed by atoms with Crippen LogP contribution in [0.15, 0.2) is 24.3 Å². The molecule has 2 N–H and O–H groups in total. The van der Waals surface area contributed by atoms with E-state index in [0.29, 0.717) is 0 Å². The fraction of sp³-hybridized carbons (Fsp3) is 0.533. The van der Waals surface area contributed by atoms with E-state index in [1.807, 2.05) is 18.2 Å². The average molecular weight is 261 g/mol. The second-order valence-corrected chi connectivity index (χ2v) is 4.98. The molecule has 1 aliphatic heterocycles. The molecular formula is C15H23N3O. The van der Waals surface area contributed by atoms with Crippen LogP contribution in [0.3, 0.4) is 0 Å². The summed E-state index contributed by atoms with van der Waals surface area (Å²) in [6, 6.07) is 7.95. The van der Waals surface area contributed by atoms with Crippen LogP contribution in [0.1, 0.15) is 29.3 Å². The molecule has 0 saturated carbocycles. The zero-order valence-corrected chi connectivity index (χ0v) is 11.6. The van der Waals surface area contributed by atoms with Gasteiger partial charge in [-0.3, -0.25) is 9.69 Å². The Morgan fingerprint density at radius 1 is 1.37 bits per heavy atom. The van der Waals surface area contributed by atoms with Crippen LogP contribution < -0.4 is 10.6 Å². The maximum Gasteiger partial charge on any atom is 0.251 e. The van der Waals surface area contributed by atoms with Crippen LogP contribution in [-0.4, -0.2) is 43.5 Å². The molecule has 104 valence electrons. The first kappa shape index (κ1) is 14.0. The molecule has 1 amide bonds. The van der Waals surface area contributed by atoms with Crippen LogP contribution in [0.5, 0.6) is 0 Å². The number of amides is 1. The lowest BCUT2D eigenvalue weighted by Gasteiger charge is -2.27. The van der Waals surface area contributed by atoms with Gasteiger partial charge in [-0.25, -0.2) is 0 Å². The van der Waals surface area contributed by atoms with Gasteiger partial charge in [0.05, 0.1) is 0 Å². The van der Waals surface area contributed by atoms with Gasteiger partial charge in [0.1, 0.15) is 0 Å². The monoisotopic (exact) mass is 261 g/mol. The average Bonchev–Trinajstić information content (AvgIpc) is 2.46. The minimum Gasteiger partial charge on any atom is -0.352 e. The topological polar surface area (TPSA) is 44.4 Å². The van der Waals surface area contributed by atoms with E-state index in [1.54, 1.807) is 0 Å². The summed E-state index contributed by atoms with van der Waals surface area (Å²) in [5.74, 6) is 0.0315. The van der Waals surface area contributed by atoms with E-state index in [1.165, 1.54) is 5.56 Å². The molecule has 0 unspecified atom stereocenters. The molecule has 4 nitrogen and oxygen atoms in total. The van der Waals surface area contributed by atoms with Gasteiger partial charge in [-0.2, -0.15) is 0 Å². The first-order chi connectivity index (χ1) is 9.29. The molecule has 0 bridgehead atoms. The lowest BCUT2D eigenvalue weighted by molar-refractivity contribution is 0.0953. The molecule has 19 heavy (non-hydrogen) atoms. The van der Waals surface area contributed by atoms with E-state index in [2.05, 4.69) is 28.5 Å². The Morgan fingerprint density at radius 2 is 2.16 bits per heavy atom. The van der Waals surface area contributed by atoms with Crippen molar-refractivity contribution in [3.8, 4) is 0 Å². The molecule has 1 saturated heterocycles. The highest BCUT2D eigenvalue weighted by atomic mass is 16.1. The molecule has 1 aliphatic rings. The number of piperazine rings is 1. The van der Waals surface area contributed by atoms with Crippen LogP contribution in [0.2, 0.25) is 0 Å². The Morgan fingerprint density at radius 3 is 2.89 bits per heavy atom. The predicted octanol–water partition coefficient (Wildman–Crippen LogP) is 1.23.